The van der Waals surface area contributed by atoms with E-state index in [0.29, 0.717) is 0 Å². The molecule has 1 atom stereocenters. The van der Waals surface area contributed by atoms with Gasteiger partial charge in [-0.2, -0.15) is 0 Å². The molecule has 0 bridgehead atoms. The van der Waals surface area contributed by atoms with Crippen LogP contribution >= 0.6 is 0 Å². The summed E-state index contributed by atoms with van der Waals surface area (Å²) in [6.45, 7) is 10.2. The Morgan fingerprint density at radius 3 is 2.35 bits per heavy atom. The van der Waals surface area contributed by atoms with Crippen LogP contribution in [0, 0.1) is 5.41 Å². The maximum atomic E-state index is 12.2. The van der Waals surface area contributed by atoms with Gasteiger partial charge in [0, 0.05) is 5.41 Å². The van der Waals surface area contributed by atoms with Crippen molar-refractivity contribution in [2.75, 3.05) is 0 Å². The summed E-state index contributed by atoms with van der Waals surface area (Å²) < 4.78 is 6.16. The van der Waals surface area contributed by atoms with E-state index >= 15 is 0 Å². The molecule has 0 aromatic heterocycles. The molecule has 2 heterocycles. The molecule has 106 valence electrons. The fraction of sp³-hybridized carbons (Fsp3) is 0.471. The van der Waals surface area contributed by atoms with Crippen molar-refractivity contribution >= 4 is 5.91 Å². The van der Waals surface area contributed by atoms with Crippen molar-refractivity contribution in [3.05, 3.63) is 47.4 Å². The van der Waals surface area contributed by atoms with Gasteiger partial charge in [0.15, 0.2) is 6.23 Å². The van der Waals surface area contributed by atoms with Crippen molar-refractivity contribution in [2.45, 2.75) is 46.3 Å². The van der Waals surface area contributed by atoms with Crippen LogP contribution in [0.5, 0.6) is 0 Å². The van der Waals surface area contributed by atoms with Crippen LogP contribution in [0.25, 0.3) is 0 Å². The second-order valence-electron chi connectivity index (χ2n) is 6.77. The summed E-state index contributed by atoms with van der Waals surface area (Å²) in [5.74, 6) is 1.06. The normalized spacial score (nSPS) is 24.4. The van der Waals surface area contributed by atoms with Crippen LogP contribution in [0.15, 0.2) is 41.8 Å². The van der Waals surface area contributed by atoms with Gasteiger partial charge < -0.3 is 4.74 Å². The van der Waals surface area contributed by atoms with Gasteiger partial charge in [-0.15, -0.1) is 0 Å². The zero-order valence-corrected chi connectivity index (χ0v) is 12.7. The Kier molecular flexibility index (Phi) is 2.56. The summed E-state index contributed by atoms with van der Waals surface area (Å²) in [6.07, 6.45) is -0.145. The number of ether oxygens (including phenoxy) is 1. The SMILES string of the molecule is CC1=C(C(C)(C)c2ccccc2)OC2N1C(=O)C2(C)C. The Hall–Kier alpha value is -1.77. The fourth-order valence-electron chi connectivity index (χ4n) is 3.20. The molecule has 1 amide bonds. The van der Waals surface area contributed by atoms with E-state index in [1.165, 1.54) is 5.56 Å². The summed E-state index contributed by atoms with van der Waals surface area (Å²) in [6, 6.07) is 10.3. The number of hydrogen-bond acceptors (Lipinski definition) is 2. The molecule has 3 rings (SSSR count). The molecule has 1 aromatic rings. The van der Waals surface area contributed by atoms with Crippen LogP contribution in [-0.2, 0) is 14.9 Å². The number of hydrogen-bond donors (Lipinski definition) is 0. The van der Waals surface area contributed by atoms with E-state index in [4.69, 9.17) is 4.74 Å². The quantitative estimate of drug-likeness (QED) is 0.771. The van der Waals surface area contributed by atoms with Crippen LogP contribution in [0.3, 0.4) is 0 Å². The molecule has 1 aromatic carbocycles. The molecule has 1 fully saturated rings. The van der Waals surface area contributed by atoms with E-state index in [2.05, 4.69) is 26.0 Å². The van der Waals surface area contributed by atoms with Gasteiger partial charge in [-0.25, -0.2) is 0 Å². The molecule has 2 aliphatic heterocycles. The number of nitrogens with zero attached hydrogens (tertiary/aromatic N) is 1. The summed E-state index contributed by atoms with van der Waals surface area (Å²) in [5.41, 5.74) is 1.49. The lowest BCUT2D eigenvalue weighted by atomic mass is 9.80. The number of benzene rings is 1. The molecule has 0 N–H and O–H groups in total. The van der Waals surface area contributed by atoms with Gasteiger partial charge in [0.2, 0.25) is 5.91 Å². The Morgan fingerprint density at radius 2 is 1.80 bits per heavy atom. The van der Waals surface area contributed by atoms with Crippen LogP contribution in [0.1, 0.15) is 40.2 Å². The first-order chi connectivity index (χ1) is 9.28. The summed E-state index contributed by atoms with van der Waals surface area (Å²) in [5, 5.41) is 0. The van der Waals surface area contributed by atoms with Crippen molar-refractivity contribution in [1.29, 1.82) is 0 Å². The van der Waals surface area contributed by atoms with Crippen molar-refractivity contribution in [2.24, 2.45) is 5.41 Å². The van der Waals surface area contributed by atoms with Gasteiger partial charge in [0.25, 0.3) is 0 Å². The molecule has 3 nitrogen and oxygen atoms in total. The number of β-lactam (4-membered cyclic amide) rings is 1. The third kappa shape index (κ3) is 1.49. The third-order valence-corrected chi connectivity index (χ3v) is 4.60. The molecule has 20 heavy (non-hydrogen) atoms. The highest BCUT2D eigenvalue weighted by molar-refractivity contribution is 5.91. The first kappa shape index (κ1) is 13.2. The summed E-state index contributed by atoms with van der Waals surface area (Å²) >= 11 is 0. The minimum atomic E-state index is -0.421. The highest BCUT2D eigenvalue weighted by Gasteiger charge is 2.61. The van der Waals surface area contributed by atoms with E-state index in [0.717, 1.165) is 11.5 Å². The Labute approximate surface area is 120 Å². The Morgan fingerprint density at radius 1 is 1.20 bits per heavy atom. The van der Waals surface area contributed by atoms with Gasteiger partial charge in [-0.3, -0.25) is 9.69 Å². The molecule has 3 heteroatoms. The van der Waals surface area contributed by atoms with E-state index in [9.17, 15) is 4.79 Å². The number of carbonyl (C=O) groups excluding carboxylic acids is 1. The number of amides is 1. The van der Waals surface area contributed by atoms with E-state index < -0.39 is 5.41 Å². The average molecular weight is 271 g/mol. The van der Waals surface area contributed by atoms with Crippen LogP contribution < -0.4 is 0 Å². The highest BCUT2D eigenvalue weighted by Crippen LogP contribution is 2.51. The first-order valence-electron chi connectivity index (χ1n) is 7.05. The Balaban J connectivity index is 2.00. The lowest BCUT2D eigenvalue weighted by Crippen LogP contribution is -2.63. The van der Waals surface area contributed by atoms with Crippen LogP contribution in [0.4, 0.5) is 0 Å². The molecule has 0 radical (unpaired) electrons. The molecule has 1 unspecified atom stereocenters. The van der Waals surface area contributed by atoms with Crippen molar-refractivity contribution in [3.63, 3.8) is 0 Å². The molecule has 0 aliphatic carbocycles. The van der Waals surface area contributed by atoms with Crippen LogP contribution in [0.2, 0.25) is 0 Å². The van der Waals surface area contributed by atoms with E-state index in [1.807, 2.05) is 39.0 Å². The summed E-state index contributed by atoms with van der Waals surface area (Å²) in [7, 11) is 0. The molecular formula is C17H21NO2. The Bertz CT molecular complexity index is 599. The molecule has 0 spiro atoms. The lowest BCUT2D eigenvalue weighted by molar-refractivity contribution is -0.187. The summed E-state index contributed by atoms with van der Waals surface area (Å²) in [4.78, 5) is 14.0. The number of rotatable bonds is 2. The smallest absolute Gasteiger partial charge is 0.241 e. The predicted molar refractivity (Wildman–Crippen MR) is 77.7 cm³/mol. The van der Waals surface area contributed by atoms with Crippen molar-refractivity contribution in [1.82, 2.24) is 4.90 Å². The number of allylic oxidation sites excluding steroid dienone is 2. The largest absolute Gasteiger partial charge is 0.471 e. The van der Waals surface area contributed by atoms with Gasteiger partial charge in [0.1, 0.15) is 11.2 Å². The van der Waals surface area contributed by atoms with Crippen molar-refractivity contribution in [3.8, 4) is 0 Å². The second-order valence-corrected chi connectivity index (χ2v) is 6.77. The minimum absolute atomic E-state index is 0.145. The maximum Gasteiger partial charge on any atom is 0.241 e. The van der Waals surface area contributed by atoms with E-state index in [1.54, 1.807) is 4.90 Å². The fourth-order valence-corrected chi connectivity index (χ4v) is 3.20. The van der Waals surface area contributed by atoms with Crippen LogP contribution in [-0.4, -0.2) is 17.0 Å². The number of fused-ring (bicyclic) bond motifs is 1. The van der Waals surface area contributed by atoms with Gasteiger partial charge >= 0.3 is 0 Å². The molecular weight excluding hydrogens is 250 g/mol. The maximum absolute atomic E-state index is 12.2. The minimum Gasteiger partial charge on any atom is -0.471 e. The average Bonchev–Trinajstić information content (AvgIpc) is 2.76. The van der Waals surface area contributed by atoms with Gasteiger partial charge in [0.05, 0.1) is 5.70 Å². The van der Waals surface area contributed by atoms with Crippen molar-refractivity contribution < 1.29 is 9.53 Å². The zero-order chi connectivity index (χ0) is 14.7. The second kappa shape index (κ2) is 3.87. The number of carbonyl (C=O) groups is 1. The standard InChI is InChI=1S/C17H21NO2/c1-11-13(16(2,3)12-9-7-6-8-10-12)20-15-17(4,5)14(19)18(11)15/h6-10,15H,1-5H3. The zero-order valence-electron chi connectivity index (χ0n) is 12.7. The molecule has 2 aliphatic rings. The van der Waals surface area contributed by atoms with Gasteiger partial charge in [-0.05, 0) is 40.2 Å². The first-order valence-corrected chi connectivity index (χ1v) is 7.05. The monoisotopic (exact) mass is 271 g/mol. The third-order valence-electron chi connectivity index (χ3n) is 4.60. The predicted octanol–water partition coefficient (Wildman–Crippen LogP) is 3.42. The lowest BCUT2D eigenvalue weighted by Gasteiger charge is -2.47. The van der Waals surface area contributed by atoms with Gasteiger partial charge in [-0.1, -0.05) is 30.3 Å². The molecule has 0 saturated carbocycles. The highest BCUT2D eigenvalue weighted by atomic mass is 16.5. The topological polar surface area (TPSA) is 29.5 Å². The van der Waals surface area contributed by atoms with E-state index in [-0.39, 0.29) is 17.6 Å². The molecule has 1 saturated heterocycles.